The number of amides is 2. The van der Waals surface area contributed by atoms with E-state index in [1.54, 1.807) is 23.8 Å². The summed E-state index contributed by atoms with van der Waals surface area (Å²) in [6.45, 7) is 9.59. The number of nitrogens with zero attached hydrogens (tertiary/aromatic N) is 3. The normalized spacial score (nSPS) is 19.3. The molecule has 1 fully saturated rings. The molecule has 2 aliphatic rings. The molecule has 40 heavy (non-hydrogen) atoms. The number of fused-ring (bicyclic) bond motifs is 1. The van der Waals surface area contributed by atoms with Crippen molar-refractivity contribution in [1.82, 2.24) is 15.1 Å². The zero-order chi connectivity index (χ0) is 28.4. The molecular weight excluding hydrogens is 524 g/mol. The Morgan fingerprint density at radius 1 is 1.18 bits per heavy atom. The van der Waals surface area contributed by atoms with Crippen LogP contribution >= 0.6 is 11.8 Å². The fourth-order valence-electron chi connectivity index (χ4n) is 5.34. The third-order valence-corrected chi connectivity index (χ3v) is 8.68. The number of ether oxygens (including phenoxy) is 2. The van der Waals surface area contributed by atoms with E-state index in [-0.39, 0.29) is 40.9 Å². The minimum absolute atomic E-state index is 0.0256. The molecular formula is C31H38N4O4S. The predicted octanol–water partition coefficient (Wildman–Crippen LogP) is 4.95. The first-order valence-electron chi connectivity index (χ1n) is 13.8. The van der Waals surface area contributed by atoms with Gasteiger partial charge in [-0.15, -0.1) is 11.8 Å². The molecule has 0 bridgehead atoms. The Morgan fingerprint density at radius 3 is 2.58 bits per heavy atom. The molecule has 2 amide bonds. The summed E-state index contributed by atoms with van der Waals surface area (Å²) in [6, 6.07) is 15.9. The fraction of sp³-hybridized carbons (Fsp3) is 0.452. The van der Waals surface area contributed by atoms with E-state index in [2.05, 4.69) is 45.1 Å². The Labute approximate surface area is 240 Å². The van der Waals surface area contributed by atoms with Crippen LogP contribution in [0.25, 0.3) is 5.69 Å². The lowest BCUT2D eigenvalue weighted by Gasteiger charge is -2.25. The molecule has 0 radical (unpaired) electrons. The fourth-order valence-corrected chi connectivity index (χ4v) is 6.63. The van der Waals surface area contributed by atoms with Gasteiger partial charge in [0.25, 0.3) is 0 Å². The first kappa shape index (κ1) is 28.2. The molecule has 0 spiro atoms. The molecule has 0 saturated carbocycles. The Balaban J connectivity index is 1.66. The molecule has 2 aromatic carbocycles. The van der Waals surface area contributed by atoms with E-state index in [1.807, 2.05) is 41.1 Å². The standard InChI is InChI=1S/C31H38N4O4S/c1-20-9-6-7-11-24(20)28-27-29(31(2,3)4)33-35(21-12-14-22(38-5)15-13-21)30(27)34(26(37)19-40-28)18-25(36)32-17-23-10-8-16-39-23/h6-7,9,11-15,23,28H,8,10,16-19H2,1-5H3,(H,32,36). The monoisotopic (exact) mass is 562 g/mol. The van der Waals surface area contributed by atoms with Gasteiger partial charge in [0.2, 0.25) is 11.8 Å². The maximum Gasteiger partial charge on any atom is 0.240 e. The molecule has 3 aromatic rings. The van der Waals surface area contributed by atoms with Gasteiger partial charge >= 0.3 is 0 Å². The lowest BCUT2D eigenvalue weighted by Crippen LogP contribution is -2.44. The molecule has 212 valence electrons. The number of carbonyl (C=O) groups excluding carboxylic acids is 2. The van der Waals surface area contributed by atoms with Gasteiger partial charge in [-0.2, -0.15) is 5.10 Å². The van der Waals surface area contributed by atoms with Crippen LogP contribution in [0.3, 0.4) is 0 Å². The third kappa shape index (κ3) is 5.76. The number of methoxy groups -OCH3 is 1. The molecule has 1 aromatic heterocycles. The van der Waals surface area contributed by atoms with Crippen LogP contribution in [0.1, 0.15) is 61.2 Å². The number of nitrogens with one attached hydrogen (secondary N) is 1. The Hall–Kier alpha value is -3.30. The second kappa shape index (κ2) is 11.7. The summed E-state index contributed by atoms with van der Waals surface area (Å²) in [6.07, 6.45) is 1.96. The topological polar surface area (TPSA) is 85.7 Å². The van der Waals surface area contributed by atoms with Crippen molar-refractivity contribution in [2.24, 2.45) is 0 Å². The van der Waals surface area contributed by atoms with Crippen molar-refractivity contribution >= 4 is 29.4 Å². The molecule has 2 unspecified atom stereocenters. The van der Waals surface area contributed by atoms with Gasteiger partial charge in [-0.05, 0) is 55.2 Å². The van der Waals surface area contributed by atoms with Crippen LogP contribution in [-0.2, 0) is 19.7 Å². The van der Waals surface area contributed by atoms with Gasteiger partial charge in [0.15, 0.2) is 0 Å². The number of hydrogen-bond donors (Lipinski definition) is 1. The summed E-state index contributed by atoms with van der Waals surface area (Å²) < 4.78 is 12.9. The van der Waals surface area contributed by atoms with Gasteiger partial charge in [0, 0.05) is 24.1 Å². The van der Waals surface area contributed by atoms with E-state index >= 15 is 0 Å². The lowest BCUT2D eigenvalue weighted by atomic mass is 9.86. The number of rotatable bonds is 7. The van der Waals surface area contributed by atoms with E-state index in [4.69, 9.17) is 14.6 Å². The molecule has 0 aliphatic carbocycles. The summed E-state index contributed by atoms with van der Waals surface area (Å²) in [4.78, 5) is 28.7. The van der Waals surface area contributed by atoms with Crippen molar-refractivity contribution in [3.63, 3.8) is 0 Å². The third-order valence-electron chi connectivity index (χ3n) is 7.44. The molecule has 2 aliphatic heterocycles. The smallest absolute Gasteiger partial charge is 0.240 e. The van der Waals surface area contributed by atoms with E-state index in [0.29, 0.717) is 12.4 Å². The van der Waals surface area contributed by atoms with Crippen LogP contribution in [0.5, 0.6) is 5.75 Å². The number of aryl methyl sites for hydroxylation is 1. The Morgan fingerprint density at radius 2 is 1.93 bits per heavy atom. The maximum atomic E-state index is 13.8. The maximum absolute atomic E-state index is 13.8. The number of benzene rings is 2. The van der Waals surface area contributed by atoms with Crippen LogP contribution in [0.2, 0.25) is 0 Å². The van der Waals surface area contributed by atoms with Gasteiger partial charge in [0.1, 0.15) is 18.1 Å². The lowest BCUT2D eigenvalue weighted by molar-refractivity contribution is -0.123. The quantitative estimate of drug-likeness (QED) is 0.439. The van der Waals surface area contributed by atoms with E-state index in [9.17, 15) is 9.59 Å². The summed E-state index contributed by atoms with van der Waals surface area (Å²) >= 11 is 1.60. The van der Waals surface area contributed by atoms with Crippen LogP contribution < -0.4 is 15.0 Å². The minimum atomic E-state index is -0.315. The second-order valence-corrected chi connectivity index (χ2v) is 12.5. The highest BCUT2D eigenvalue weighted by Gasteiger charge is 2.40. The highest BCUT2D eigenvalue weighted by molar-refractivity contribution is 8.00. The molecule has 9 heteroatoms. The Bertz CT molecular complexity index is 1370. The van der Waals surface area contributed by atoms with Gasteiger partial charge in [0.05, 0.1) is 35.6 Å². The zero-order valence-corrected chi connectivity index (χ0v) is 24.7. The molecule has 1 N–H and O–H groups in total. The van der Waals surface area contributed by atoms with Crippen molar-refractivity contribution in [1.29, 1.82) is 0 Å². The second-order valence-electron chi connectivity index (χ2n) is 11.4. The Kier molecular flexibility index (Phi) is 8.24. The van der Waals surface area contributed by atoms with Gasteiger partial charge < -0.3 is 14.8 Å². The highest BCUT2D eigenvalue weighted by Crippen LogP contribution is 2.49. The SMILES string of the molecule is COc1ccc(-n2nc(C(C)(C)C)c3c2N(CC(=O)NCC2CCCO2)C(=O)CSC3c2ccccc2C)cc1. The molecule has 3 heterocycles. The van der Waals surface area contributed by atoms with Crippen LogP contribution in [0.15, 0.2) is 48.5 Å². The predicted molar refractivity (Wildman–Crippen MR) is 159 cm³/mol. The molecule has 2 atom stereocenters. The van der Waals surface area contributed by atoms with Gasteiger partial charge in [-0.25, -0.2) is 4.68 Å². The average molecular weight is 563 g/mol. The largest absolute Gasteiger partial charge is 0.497 e. The molecule has 5 rings (SSSR count). The van der Waals surface area contributed by atoms with Gasteiger partial charge in [-0.1, -0.05) is 45.0 Å². The summed E-state index contributed by atoms with van der Waals surface area (Å²) in [5, 5.41) is 8.03. The zero-order valence-electron chi connectivity index (χ0n) is 23.9. The summed E-state index contributed by atoms with van der Waals surface area (Å²) in [5.41, 5.74) is 4.65. The number of hydrogen-bond acceptors (Lipinski definition) is 6. The van der Waals surface area contributed by atoms with Crippen LogP contribution in [0, 0.1) is 6.92 Å². The summed E-state index contributed by atoms with van der Waals surface area (Å²) in [5.74, 6) is 1.29. The van der Waals surface area contributed by atoms with Gasteiger partial charge in [-0.3, -0.25) is 14.5 Å². The van der Waals surface area contributed by atoms with E-state index < -0.39 is 0 Å². The van der Waals surface area contributed by atoms with Crippen molar-refractivity contribution in [2.45, 2.75) is 57.3 Å². The first-order chi connectivity index (χ1) is 19.2. The molecule has 8 nitrogen and oxygen atoms in total. The number of carbonyl (C=O) groups is 2. The number of anilines is 1. The molecule has 1 saturated heterocycles. The first-order valence-corrected chi connectivity index (χ1v) is 14.9. The highest BCUT2D eigenvalue weighted by atomic mass is 32.2. The van der Waals surface area contributed by atoms with Crippen molar-refractivity contribution < 1.29 is 19.1 Å². The van der Waals surface area contributed by atoms with Crippen LogP contribution in [-0.4, -0.2) is 60.3 Å². The summed E-state index contributed by atoms with van der Waals surface area (Å²) in [7, 11) is 1.63. The number of thioether (sulfide) groups is 1. The average Bonchev–Trinajstić information content (AvgIpc) is 3.57. The minimum Gasteiger partial charge on any atom is -0.497 e. The number of aromatic nitrogens is 2. The van der Waals surface area contributed by atoms with E-state index in [1.165, 1.54) is 0 Å². The van der Waals surface area contributed by atoms with Crippen molar-refractivity contribution in [3.8, 4) is 11.4 Å². The van der Waals surface area contributed by atoms with E-state index in [0.717, 1.165) is 53.3 Å². The van der Waals surface area contributed by atoms with Crippen LogP contribution in [0.4, 0.5) is 5.82 Å². The van der Waals surface area contributed by atoms with Crippen molar-refractivity contribution in [2.75, 3.05) is 37.5 Å². The van der Waals surface area contributed by atoms with Crippen molar-refractivity contribution in [3.05, 3.63) is 70.9 Å².